The van der Waals surface area contributed by atoms with E-state index in [0.717, 1.165) is 5.56 Å². The van der Waals surface area contributed by atoms with Gasteiger partial charge >= 0.3 is 0 Å². The SMILES string of the molecule is Cc1ccc2c(c1)C(=O)CC1(CCN(C(=O)CCOc3ccccc3Cl)CC1)O2. The summed E-state index contributed by atoms with van der Waals surface area (Å²) in [7, 11) is 0. The van der Waals surface area contributed by atoms with Gasteiger partial charge in [-0.3, -0.25) is 9.59 Å². The van der Waals surface area contributed by atoms with Crippen molar-refractivity contribution >= 4 is 23.3 Å². The highest BCUT2D eigenvalue weighted by molar-refractivity contribution is 6.32. The Balaban J connectivity index is 1.31. The highest BCUT2D eigenvalue weighted by Crippen LogP contribution is 2.39. The zero-order chi connectivity index (χ0) is 20.4. The number of ketones is 1. The molecule has 1 amide bonds. The number of carbonyl (C=O) groups is 2. The summed E-state index contributed by atoms with van der Waals surface area (Å²) >= 11 is 6.07. The van der Waals surface area contributed by atoms with E-state index >= 15 is 0 Å². The Labute approximate surface area is 175 Å². The van der Waals surface area contributed by atoms with Crippen LogP contribution in [0.1, 0.15) is 41.6 Å². The molecule has 1 spiro atoms. The zero-order valence-corrected chi connectivity index (χ0v) is 17.2. The van der Waals surface area contributed by atoms with Gasteiger partial charge in [-0.1, -0.05) is 35.4 Å². The van der Waals surface area contributed by atoms with Gasteiger partial charge in [0.05, 0.1) is 30.0 Å². The molecule has 29 heavy (non-hydrogen) atoms. The van der Waals surface area contributed by atoms with Crippen LogP contribution in [0.25, 0.3) is 0 Å². The molecule has 2 aliphatic heterocycles. The molecule has 2 aromatic rings. The van der Waals surface area contributed by atoms with Gasteiger partial charge in [-0.05, 0) is 31.2 Å². The van der Waals surface area contributed by atoms with Crippen LogP contribution >= 0.6 is 11.6 Å². The second-order valence-corrected chi connectivity index (χ2v) is 8.20. The van der Waals surface area contributed by atoms with Crippen LogP contribution in [0.15, 0.2) is 42.5 Å². The van der Waals surface area contributed by atoms with Gasteiger partial charge in [-0.15, -0.1) is 0 Å². The highest BCUT2D eigenvalue weighted by atomic mass is 35.5. The third-order valence-corrected chi connectivity index (χ3v) is 5.99. The molecule has 0 bridgehead atoms. The fourth-order valence-corrected chi connectivity index (χ4v) is 4.21. The van der Waals surface area contributed by atoms with Crippen molar-refractivity contribution in [2.24, 2.45) is 0 Å². The summed E-state index contributed by atoms with van der Waals surface area (Å²) in [5, 5.41) is 0.537. The number of carbonyl (C=O) groups excluding carboxylic acids is 2. The number of aryl methyl sites for hydroxylation is 1. The number of nitrogens with zero attached hydrogens (tertiary/aromatic N) is 1. The molecule has 0 aliphatic carbocycles. The molecule has 0 N–H and O–H groups in total. The van der Waals surface area contributed by atoms with E-state index in [2.05, 4.69) is 0 Å². The molecule has 0 radical (unpaired) electrons. The van der Waals surface area contributed by atoms with E-state index in [4.69, 9.17) is 21.1 Å². The van der Waals surface area contributed by atoms with Gasteiger partial charge in [0, 0.05) is 25.9 Å². The summed E-state index contributed by atoms with van der Waals surface area (Å²) in [6.07, 6.45) is 1.98. The third-order valence-electron chi connectivity index (χ3n) is 5.68. The van der Waals surface area contributed by atoms with Gasteiger partial charge in [0.15, 0.2) is 5.78 Å². The minimum atomic E-state index is -0.496. The fraction of sp³-hybridized carbons (Fsp3) is 0.391. The molecule has 0 aromatic heterocycles. The molecule has 1 fully saturated rings. The van der Waals surface area contributed by atoms with Crippen molar-refractivity contribution in [2.45, 2.75) is 38.2 Å². The third kappa shape index (κ3) is 4.25. The Morgan fingerprint density at radius 2 is 1.97 bits per heavy atom. The molecule has 152 valence electrons. The summed E-state index contributed by atoms with van der Waals surface area (Å²) in [5.74, 6) is 1.43. The van der Waals surface area contributed by atoms with Crippen molar-refractivity contribution in [3.05, 3.63) is 58.6 Å². The Morgan fingerprint density at radius 3 is 2.72 bits per heavy atom. The van der Waals surface area contributed by atoms with Crippen molar-refractivity contribution < 1.29 is 19.1 Å². The van der Waals surface area contributed by atoms with E-state index in [-0.39, 0.29) is 18.3 Å². The molecule has 2 aromatic carbocycles. The second kappa shape index (κ2) is 8.07. The van der Waals surface area contributed by atoms with Crippen molar-refractivity contribution in [2.75, 3.05) is 19.7 Å². The number of fused-ring (bicyclic) bond motifs is 1. The van der Waals surface area contributed by atoms with Crippen LogP contribution in [-0.4, -0.2) is 41.9 Å². The number of rotatable bonds is 4. The number of para-hydroxylation sites is 1. The predicted octanol–water partition coefficient (Wildman–Crippen LogP) is 4.44. The quantitative estimate of drug-likeness (QED) is 0.743. The van der Waals surface area contributed by atoms with Crippen LogP contribution in [0.5, 0.6) is 11.5 Å². The van der Waals surface area contributed by atoms with Gasteiger partial charge in [0.1, 0.15) is 17.1 Å². The molecule has 2 aliphatic rings. The molecule has 0 saturated carbocycles. The molecule has 2 heterocycles. The molecular weight excluding hydrogens is 390 g/mol. The van der Waals surface area contributed by atoms with Gasteiger partial charge in [0.2, 0.25) is 5.91 Å². The van der Waals surface area contributed by atoms with Crippen LogP contribution in [0.4, 0.5) is 0 Å². The number of benzene rings is 2. The lowest BCUT2D eigenvalue weighted by Gasteiger charge is -2.44. The first-order valence-electron chi connectivity index (χ1n) is 9.94. The Kier molecular flexibility index (Phi) is 5.50. The lowest BCUT2D eigenvalue weighted by Crippen LogP contribution is -2.52. The van der Waals surface area contributed by atoms with E-state index in [9.17, 15) is 9.59 Å². The molecule has 4 rings (SSSR count). The summed E-state index contributed by atoms with van der Waals surface area (Å²) in [6, 6.07) is 13.0. The monoisotopic (exact) mass is 413 g/mol. The molecule has 0 atom stereocenters. The largest absolute Gasteiger partial charge is 0.491 e. The maximum absolute atomic E-state index is 12.6. The average molecular weight is 414 g/mol. The smallest absolute Gasteiger partial charge is 0.226 e. The summed E-state index contributed by atoms with van der Waals surface area (Å²) in [5.41, 5.74) is 1.23. The first-order chi connectivity index (χ1) is 14.0. The van der Waals surface area contributed by atoms with Crippen LogP contribution in [0.2, 0.25) is 5.02 Å². The van der Waals surface area contributed by atoms with E-state index in [1.807, 2.05) is 42.2 Å². The van der Waals surface area contributed by atoms with Crippen molar-refractivity contribution in [3.8, 4) is 11.5 Å². The van der Waals surface area contributed by atoms with Crippen LogP contribution in [0, 0.1) is 6.92 Å². The summed E-state index contributed by atoms with van der Waals surface area (Å²) < 4.78 is 11.9. The van der Waals surface area contributed by atoms with Gasteiger partial charge in [-0.25, -0.2) is 0 Å². The average Bonchev–Trinajstić information content (AvgIpc) is 2.71. The number of Topliss-reactive ketones (excluding diaryl/α,β-unsaturated/α-hetero) is 1. The molecule has 6 heteroatoms. The fourth-order valence-electron chi connectivity index (χ4n) is 4.02. The molecule has 5 nitrogen and oxygen atoms in total. The van der Waals surface area contributed by atoms with Crippen molar-refractivity contribution in [3.63, 3.8) is 0 Å². The number of likely N-dealkylation sites (tertiary alicyclic amines) is 1. The first kappa shape index (κ1) is 19.8. The van der Waals surface area contributed by atoms with Gasteiger partial charge in [-0.2, -0.15) is 0 Å². The van der Waals surface area contributed by atoms with E-state index in [1.165, 1.54) is 0 Å². The number of ether oxygens (including phenoxy) is 2. The molecule has 0 unspecified atom stereocenters. The number of piperidine rings is 1. The van der Waals surface area contributed by atoms with Crippen LogP contribution < -0.4 is 9.47 Å². The van der Waals surface area contributed by atoms with E-state index in [1.54, 1.807) is 12.1 Å². The number of halogens is 1. The summed E-state index contributed by atoms with van der Waals surface area (Å²) in [4.78, 5) is 27.0. The zero-order valence-electron chi connectivity index (χ0n) is 16.4. The van der Waals surface area contributed by atoms with Crippen LogP contribution in [0.3, 0.4) is 0 Å². The maximum Gasteiger partial charge on any atom is 0.226 e. The minimum absolute atomic E-state index is 0.0464. The topological polar surface area (TPSA) is 55.8 Å². The number of hydrogen-bond acceptors (Lipinski definition) is 4. The first-order valence-corrected chi connectivity index (χ1v) is 10.3. The van der Waals surface area contributed by atoms with Crippen molar-refractivity contribution in [1.29, 1.82) is 0 Å². The highest BCUT2D eigenvalue weighted by Gasteiger charge is 2.43. The van der Waals surface area contributed by atoms with E-state index < -0.39 is 5.60 Å². The van der Waals surface area contributed by atoms with Gasteiger partial charge < -0.3 is 14.4 Å². The predicted molar refractivity (Wildman–Crippen MR) is 111 cm³/mol. The standard InChI is InChI=1S/C23H24ClNO4/c1-16-6-7-20-17(14-16)19(26)15-23(29-20)9-11-25(12-10-23)22(27)8-13-28-21-5-3-2-4-18(21)24/h2-7,14H,8-13,15H2,1H3. The number of amides is 1. The normalized spacial score (nSPS) is 17.6. The molecular formula is C23H24ClNO4. The van der Waals surface area contributed by atoms with Crippen LogP contribution in [-0.2, 0) is 4.79 Å². The lowest BCUT2D eigenvalue weighted by atomic mass is 9.82. The second-order valence-electron chi connectivity index (χ2n) is 7.79. The van der Waals surface area contributed by atoms with Crippen molar-refractivity contribution in [1.82, 2.24) is 4.90 Å². The Bertz CT molecular complexity index is 934. The number of hydrogen-bond donors (Lipinski definition) is 0. The van der Waals surface area contributed by atoms with E-state index in [0.29, 0.717) is 60.9 Å². The molecule has 1 saturated heterocycles. The van der Waals surface area contributed by atoms with Gasteiger partial charge in [0.25, 0.3) is 0 Å². The maximum atomic E-state index is 12.6. The lowest BCUT2D eigenvalue weighted by molar-refractivity contribution is -0.135. The summed E-state index contributed by atoms with van der Waals surface area (Å²) in [6.45, 7) is 3.42. The Morgan fingerprint density at radius 1 is 1.21 bits per heavy atom. The minimum Gasteiger partial charge on any atom is -0.491 e. The Hall–Kier alpha value is -2.53.